The van der Waals surface area contributed by atoms with Crippen LogP contribution in [0.4, 0.5) is 22.2 Å². The van der Waals surface area contributed by atoms with Crippen LogP contribution < -0.4 is 15.1 Å². The minimum absolute atomic E-state index is 0.0117. The maximum absolute atomic E-state index is 14.1. The fourth-order valence-electron chi connectivity index (χ4n) is 6.88. The van der Waals surface area contributed by atoms with Gasteiger partial charge in [0.15, 0.2) is 5.82 Å². The molecule has 1 N–H and O–H groups in total. The molecule has 2 amide bonds. The summed E-state index contributed by atoms with van der Waals surface area (Å²) in [6, 6.07) is 10.6. The summed E-state index contributed by atoms with van der Waals surface area (Å²) in [7, 11) is 4.17. The quantitative estimate of drug-likeness (QED) is 0.576. The van der Waals surface area contributed by atoms with Crippen LogP contribution in [-0.4, -0.2) is 96.3 Å². The number of hydrogen-bond acceptors (Lipinski definition) is 9. The van der Waals surface area contributed by atoms with E-state index in [9.17, 15) is 14.9 Å². The molecule has 11 heteroatoms. The predicted molar refractivity (Wildman–Crippen MR) is 164 cm³/mol. The zero-order chi connectivity index (χ0) is 30.5. The fraction of sp³-hybridized carbons (Fsp3) is 0.594. The summed E-state index contributed by atoms with van der Waals surface area (Å²) in [5, 5.41) is 12.9. The molecule has 1 aromatic carbocycles. The lowest BCUT2D eigenvalue weighted by Crippen LogP contribution is -2.58. The number of nitrogens with one attached hydrogen (secondary N) is 1. The number of carbonyl (C=O) groups excluding carboxylic acids is 2. The van der Waals surface area contributed by atoms with Crippen LogP contribution in [0.3, 0.4) is 0 Å². The van der Waals surface area contributed by atoms with E-state index in [1.807, 2.05) is 32.9 Å². The molecule has 1 spiro atoms. The van der Waals surface area contributed by atoms with Crippen molar-refractivity contribution in [2.24, 2.45) is 0 Å². The molecule has 228 valence electrons. The van der Waals surface area contributed by atoms with Gasteiger partial charge in [0.1, 0.15) is 11.3 Å². The summed E-state index contributed by atoms with van der Waals surface area (Å²) in [5.41, 5.74) is 2.53. The Morgan fingerprint density at radius 1 is 1.16 bits per heavy atom. The van der Waals surface area contributed by atoms with Crippen LogP contribution in [0.25, 0.3) is 0 Å². The topological polar surface area (TPSA) is 118 Å². The number of aromatic nitrogens is 2. The molecular formula is C32H42N8O3. The normalized spacial score (nSPS) is 23.8. The van der Waals surface area contributed by atoms with E-state index in [1.165, 1.54) is 5.56 Å². The first kappa shape index (κ1) is 29.2. The van der Waals surface area contributed by atoms with Crippen LogP contribution in [0.15, 0.2) is 24.3 Å². The van der Waals surface area contributed by atoms with Gasteiger partial charge < -0.3 is 29.7 Å². The van der Waals surface area contributed by atoms with Gasteiger partial charge in [-0.3, -0.25) is 4.79 Å². The Labute approximate surface area is 253 Å². The highest BCUT2D eigenvalue weighted by Crippen LogP contribution is 2.47. The van der Waals surface area contributed by atoms with Gasteiger partial charge >= 0.3 is 6.09 Å². The standard InChI is InChI=1S/C32H42N8O3/c1-31(2,3)43-30(42)40-16-15-38(18-22(40)12-14-33)27-26-25(34-29(36-27)39-19-23(20-39)37(4)5)17-32(28(41)35-26)13-8-10-21-9-6-7-11-24(21)32/h6-7,9,11,22-23H,8,10,12-13,15-20H2,1-5H3,(H,35,41)/t22-,32?/m0/s1. The first-order valence-corrected chi connectivity index (χ1v) is 15.3. The lowest BCUT2D eigenvalue weighted by Gasteiger charge is -2.46. The number of carbonyl (C=O) groups is 2. The number of likely N-dealkylation sites (N-methyl/N-ethyl adjacent to an activating group) is 1. The highest BCUT2D eigenvalue weighted by Gasteiger charge is 2.48. The van der Waals surface area contributed by atoms with Crippen molar-refractivity contribution in [2.45, 2.75) is 76.0 Å². The Kier molecular flexibility index (Phi) is 7.45. The van der Waals surface area contributed by atoms with E-state index >= 15 is 0 Å². The molecule has 1 aliphatic carbocycles. The number of nitriles is 1. The maximum atomic E-state index is 14.1. The van der Waals surface area contributed by atoms with Crippen molar-refractivity contribution in [3.05, 3.63) is 41.1 Å². The molecule has 1 aromatic heterocycles. The van der Waals surface area contributed by atoms with Crippen molar-refractivity contribution >= 4 is 29.5 Å². The number of aryl methyl sites for hydroxylation is 1. The van der Waals surface area contributed by atoms with E-state index < -0.39 is 17.1 Å². The van der Waals surface area contributed by atoms with Crippen LogP contribution in [0.2, 0.25) is 0 Å². The van der Waals surface area contributed by atoms with Gasteiger partial charge in [0.2, 0.25) is 11.9 Å². The molecule has 2 saturated heterocycles. The third-order valence-corrected chi connectivity index (χ3v) is 9.29. The van der Waals surface area contributed by atoms with E-state index in [2.05, 4.69) is 52.3 Å². The summed E-state index contributed by atoms with van der Waals surface area (Å²) in [6.07, 6.45) is 2.95. The van der Waals surface area contributed by atoms with Crippen molar-refractivity contribution in [1.82, 2.24) is 19.8 Å². The van der Waals surface area contributed by atoms with Crippen molar-refractivity contribution in [1.29, 1.82) is 5.26 Å². The molecule has 2 atom stereocenters. The molecule has 0 bridgehead atoms. The van der Waals surface area contributed by atoms with Gasteiger partial charge in [-0.2, -0.15) is 10.2 Å². The third kappa shape index (κ3) is 5.37. The molecule has 1 unspecified atom stereocenters. The van der Waals surface area contributed by atoms with Crippen LogP contribution in [0.5, 0.6) is 0 Å². The summed E-state index contributed by atoms with van der Waals surface area (Å²) in [5.74, 6) is 1.31. The fourth-order valence-corrected chi connectivity index (χ4v) is 6.88. The van der Waals surface area contributed by atoms with Gasteiger partial charge in [-0.05, 0) is 65.3 Å². The lowest BCUT2D eigenvalue weighted by molar-refractivity contribution is -0.122. The predicted octanol–water partition coefficient (Wildman–Crippen LogP) is 3.34. The molecule has 2 aromatic rings. The number of rotatable bonds is 4. The Hall–Kier alpha value is -3.91. The summed E-state index contributed by atoms with van der Waals surface area (Å²) in [4.78, 5) is 45.4. The number of ether oxygens (including phenoxy) is 1. The minimum Gasteiger partial charge on any atom is -0.444 e. The molecule has 0 radical (unpaired) electrons. The van der Waals surface area contributed by atoms with Crippen LogP contribution in [0, 0.1) is 11.3 Å². The van der Waals surface area contributed by atoms with Gasteiger partial charge in [0.05, 0.1) is 29.6 Å². The van der Waals surface area contributed by atoms with E-state index in [4.69, 9.17) is 14.7 Å². The molecule has 43 heavy (non-hydrogen) atoms. The highest BCUT2D eigenvalue weighted by atomic mass is 16.6. The molecule has 0 saturated carbocycles. The summed E-state index contributed by atoms with van der Waals surface area (Å²) >= 11 is 0. The van der Waals surface area contributed by atoms with Crippen LogP contribution >= 0.6 is 0 Å². The average molecular weight is 587 g/mol. The van der Waals surface area contributed by atoms with Crippen molar-refractivity contribution in [2.75, 3.05) is 61.9 Å². The second kappa shape index (κ2) is 11.0. The minimum atomic E-state index is -0.662. The molecule has 4 heterocycles. The van der Waals surface area contributed by atoms with E-state index in [0.717, 1.165) is 43.6 Å². The Morgan fingerprint density at radius 3 is 2.65 bits per heavy atom. The van der Waals surface area contributed by atoms with Crippen molar-refractivity contribution < 1.29 is 14.3 Å². The Balaban J connectivity index is 1.37. The molecule has 2 fully saturated rings. The number of hydrogen-bond donors (Lipinski definition) is 1. The van der Waals surface area contributed by atoms with E-state index in [0.29, 0.717) is 49.6 Å². The van der Waals surface area contributed by atoms with Crippen molar-refractivity contribution in [3.63, 3.8) is 0 Å². The van der Waals surface area contributed by atoms with E-state index in [-0.39, 0.29) is 18.4 Å². The number of benzene rings is 1. The SMILES string of the molecule is CN(C)C1CN(c2nc3c(c(N4CCN(C(=O)OC(C)(C)C)[C@@H](CC#N)C4)n2)NC(=O)C2(CCCc4ccccc42)C3)C1. The highest BCUT2D eigenvalue weighted by molar-refractivity contribution is 6.04. The van der Waals surface area contributed by atoms with Gasteiger partial charge in [0.25, 0.3) is 0 Å². The van der Waals surface area contributed by atoms with Gasteiger partial charge in [-0.15, -0.1) is 0 Å². The Morgan fingerprint density at radius 2 is 1.93 bits per heavy atom. The van der Waals surface area contributed by atoms with E-state index in [1.54, 1.807) is 4.90 Å². The maximum Gasteiger partial charge on any atom is 0.410 e. The monoisotopic (exact) mass is 586 g/mol. The zero-order valence-corrected chi connectivity index (χ0v) is 25.9. The average Bonchev–Trinajstić information content (AvgIpc) is 2.92. The van der Waals surface area contributed by atoms with Crippen LogP contribution in [0.1, 0.15) is 56.9 Å². The smallest absolute Gasteiger partial charge is 0.410 e. The first-order valence-electron chi connectivity index (χ1n) is 15.3. The number of anilines is 3. The molecule has 4 aliphatic rings. The van der Waals surface area contributed by atoms with Crippen LogP contribution in [-0.2, 0) is 27.8 Å². The molecular weight excluding hydrogens is 544 g/mol. The van der Waals surface area contributed by atoms with Gasteiger partial charge in [-0.25, -0.2) is 9.78 Å². The molecule has 6 rings (SSSR count). The Bertz CT molecular complexity index is 1460. The largest absolute Gasteiger partial charge is 0.444 e. The molecule has 3 aliphatic heterocycles. The zero-order valence-electron chi connectivity index (χ0n) is 25.9. The van der Waals surface area contributed by atoms with Gasteiger partial charge in [0, 0.05) is 45.2 Å². The summed E-state index contributed by atoms with van der Waals surface area (Å²) < 4.78 is 5.66. The van der Waals surface area contributed by atoms with Gasteiger partial charge in [-0.1, -0.05) is 24.3 Å². The first-order chi connectivity index (χ1) is 20.5. The van der Waals surface area contributed by atoms with Crippen molar-refractivity contribution in [3.8, 4) is 6.07 Å². The number of nitrogens with zero attached hydrogens (tertiary/aromatic N) is 7. The number of fused-ring (bicyclic) bond motifs is 3. The number of piperazine rings is 1. The second-order valence-corrected chi connectivity index (χ2v) is 13.6. The number of amides is 2. The summed E-state index contributed by atoms with van der Waals surface area (Å²) in [6.45, 7) is 8.45. The second-order valence-electron chi connectivity index (χ2n) is 13.6. The molecule has 11 nitrogen and oxygen atoms in total. The third-order valence-electron chi connectivity index (χ3n) is 9.29. The lowest BCUT2D eigenvalue weighted by atomic mass is 9.65.